The minimum atomic E-state index is -0.118. The summed E-state index contributed by atoms with van der Waals surface area (Å²) < 4.78 is 5.64. The van der Waals surface area contributed by atoms with Crippen molar-refractivity contribution in [2.75, 3.05) is 60.2 Å². The Morgan fingerprint density at radius 1 is 1.18 bits per heavy atom. The van der Waals surface area contributed by atoms with Crippen molar-refractivity contribution >= 4 is 11.6 Å². The fourth-order valence-electron chi connectivity index (χ4n) is 1.88. The molecular formula is C16H28N4O2. The molecule has 0 unspecified atom stereocenters. The lowest BCUT2D eigenvalue weighted by Crippen LogP contribution is -2.31. The summed E-state index contributed by atoms with van der Waals surface area (Å²) in [6.45, 7) is 2.98. The van der Waals surface area contributed by atoms with Crippen molar-refractivity contribution in [3.63, 3.8) is 0 Å². The van der Waals surface area contributed by atoms with E-state index in [0.717, 1.165) is 19.5 Å². The topological polar surface area (TPSA) is 70.8 Å². The first kappa shape index (κ1) is 18.3. The van der Waals surface area contributed by atoms with Gasteiger partial charge >= 0.3 is 0 Å². The summed E-state index contributed by atoms with van der Waals surface area (Å²) in [5, 5.41) is 2.86. The van der Waals surface area contributed by atoms with Gasteiger partial charge in [0, 0.05) is 25.2 Å². The van der Waals surface area contributed by atoms with Crippen LogP contribution in [-0.2, 0) is 0 Å². The minimum Gasteiger partial charge on any atom is -0.491 e. The van der Waals surface area contributed by atoms with E-state index in [2.05, 4.69) is 10.2 Å². The number of rotatable bonds is 9. The van der Waals surface area contributed by atoms with Gasteiger partial charge in [0.1, 0.15) is 5.75 Å². The number of nitrogen functional groups attached to an aromatic ring is 1. The van der Waals surface area contributed by atoms with Crippen molar-refractivity contribution in [2.45, 2.75) is 6.42 Å². The molecule has 0 aliphatic carbocycles. The van der Waals surface area contributed by atoms with Crippen molar-refractivity contribution in [1.29, 1.82) is 0 Å². The predicted molar refractivity (Wildman–Crippen MR) is 90.4 cm³/mol. The monoisotopic (exact) mass is 308 g/mol. The number of ether oxygens (including phenoxy) is 1. The molecule has 1 aromatic carbocycles. The lowest BCUT2D eigenvalue weighted by Gasteiger charge is -2.13. The molecule has 1 amide bonds. The lowest BCUT2D eigenvalue weighted by molar-refractivity contribution is 0.0951. The first-order valence-electron chi connectivity index (χ1n) is 7.50. The van der Waals surface area contributed by atoms with Gasteiger partial charge in [-0.05, 0) is 52.8 Å². The van der Waals surface area contributed by atoms with Gasteiger partial charge in [-0.15, -0.1) is 0 Å². The summed E-state index contributed by atoms with van der Waals surface area (Å²) in [6.07, 6.45) is 0.930. The van der Waals surface area contributed by atoms with E-state index in [1.54, 1.807) is 18.2 Å². The average Bonchev–Trinajstić information content (AvgIpc) is 2.44. The summed E-state index contributed by atoms with van der Waals surface area (Å²) in [7, 11) is 7.98. The molecule has 0 spiro atoms. The molecule has 1 aromatic rings. The van der Waals surface area contributed by atoms with E-state index in [-0.39, 0.29) is 5.91 Å². The highest BCUT2D eigenvalue weighted by Gasteiger charge is 2.08. The molecule has 3 N–H and O–H groups in total. The van der Waals surface area contributed by atoms with Gasteiger partial charge in [0.25, 0.3) is 5.91 Å². The van der Waals surface area contributed by atoms with Gasteiger partial charge in [-0.2, -0.15) is 0 Å². The first-order valence-corrected chi connectivity index (χ1v) is 7.50. The third-order valence-corrected chi connectivity index (χ3v) is 3.12. The summed E-state index contributed by atoms with van der Waals surface area (Å²) in [4.78, 5) is 16.1. The Hall–Kier alpha value is -1.79. The molecule has 1 rings (SSSR count). The second-order valence-electron chi connectivity index (χ2n) is 5.82. The zero-order chi connectivity index (χ0) is 16.5. The van der Waals surface area contributed by atoms with Gasteiger partial charge in [0.2, 0.25) is 0 Å². The largest absolute Gasteiger partial charge is 0.491 e. The Morgan fingerprint density at radius 2 is 1.86 bits per heavy atom. The van der Waals surface area contributed by atoms with Gasteiger partial charge in [0.05, 0.1) is 12.3 Å². The number of anilines is 1. The lowest BCUT2D eigenvalue weighted by atomic mass is 10.1. The molecule has 0 heterocycles. The number of carbonyl (C=O) groups excluding carboxylic acids is 1. The van der Waals surface area contributed by atoms with Gasteiger partial charge in [-0.25, -0.2) is 0 Å². The number of carbonyl (C=O) groups is 1. The van der Waals surface area contributed by atoms with Gasteiger partial charge < -0.3 is 25.6 Å². The van der Waals surface area contributed by atoms with Crippen molar-refractivity contribution in [1.82, 2.24) is 15.1 Å². The summed E-state index contributed by atoms with van der Waals surface area (Å²) in [5.74, 6) is 0.510. The molecule has 6 heteroatoms. The molecule has 0 aliphatic rings. The number of benzene rings is 1. The third kappa shape index (κ3) is 6.78. The average molecular weight is 308 g/mol. The normalized spacial score (nSPS) is 11.0. The highest BCUT2D eigenvalue weighted by molar-refractivity contribution is 5.95. The Morgan fingerprint density at radius 3 is 2.45 bits per heavy atom. The first-order chi connectivity index (χ1) is 10.4. The van der Waals surface area contributed by atoms with E-state index in [4.69, 9.17) is 10.5 Å². The summed E-state index contributed by atoms with van der Waals surface area (Å²) in [5.41, 5.74) is 7.00. The molecule has 124 valence electrons. The number of nitrogens with zero attached hydrogens (tertiary/aromatic N) is 2. The van der Waals surface area contributed by atoms with E-state index < -0.39 is 0 Å². The van der Waals surface area contributed by atoms with Crippen LogP contribution in [0.2, 0.25) is 0 Å². The van der Waals surface area contributed by atoms with Crippen molar-refractivity contribution in [3.8, 4) is 5.75 Å². The molecular weight excluding hydrogens is 280 g/mol. The quantitative estimate of drug-likeness (QED) is 0.524. The molecule has 0 fully saturated rings. The maximum atomic E-state index is 12.0. The smallest absolute Gasteiger partial charge is 0.251 e. The van der Waals surface area contributed by atoms with Crippen molar-refractivity contribution < 1.29 is 9.53 Å². The molecule has 0 aliphatic heterocycles. The molecule has 0 atom stereocenters. The van der Waals surface area contributed by atoms with Crippen LogP contribution in [0.1, 0.15) is 16.8 Å². The fourth-order valence-corrected chi connectivity index (χ4v) is 1.88. The van der Waals surface area contributed by atoms with Gasteiger partial charge in [0.15, 0.2) is 0 Å². The van der Waals surface area contributed by atoms with Crippen LogP contribution in [-0.4, -0.2) is 70.1 Å². The van der Waals surface area contributed by atoms with Crippen LogP contribution in [0.15, 0.2) is 18.2 Å². The van der Waals surface area contributed by atoms with E-state index in [1.165, 1.54) is 0 Å². The van der Waals surface area contributed by atoms with Crippen LogP contribution in [0.25, 0.3) is 0 Å². The second kappa shape index (κ2) is 9.27. The summed E-state index contributed by atoms with van der Waals surface area (Å²) >= 11 is 0. The molecule has 0 saturated heterocycles. The van der Waals surface area contributed by atoms with Crippen LogP contribution < -0.4 is 15.8 Å². The number of nitrogens with two attached hydrogens (primary N) is 1. The van der Waals surface area contributed by atoms with Crippen LogP contribution in [0, 0.1) is 0 Å². The standard InChI is InChI=1S/C16H28N4O2/c1-19(2)9-5-11-22-15-7-6-13(12-14(15)17)16(21)18-8-10-20(3)4/h6-7,12H,5,8-11,17H2,1-4H3,(H,18,21). The van der Waals surface area contributed by atoms with Crippen molar-refractivity contribution in [3.05, 3.63) is 23.8 Å². The molecule has 0 aromatic heterocycles. The van der Waals surface area contributed by atoms with Crippen LogP contribution >= 0.6 is 0 Å². The van der Waals surface area contributed by atoms with E-state index >= 15 is 0 Å². The van der Waals surface area contributed by atoms with Crippen LogP contribution in [0.3, 0.4) is 0 Å². The highest BCUT2D eigenvalue weighted by Crippen LogP contribution is 2.22. The van der Waals surface area contributed by atoms with Crippen LogP contribution in [0.4, 0.5) is 5.69 Å². The van der Waals surface area contributed by atoms with Gasteiger partial charge in [-0.3, -0.25) is 4.79 Å². The molecule has 22 heavy (non-hydrogen) atoms. The molecule has 6 nitrogen and oxygen atoms in total. The maximum absolute atomic E-state index is 12.0. The van der Waals surface area contributed by atoms with Crippen molar-refractivity contribution in [2.24, 2.45) is 0 Å². The van der Waals surface area contributed by atoms with Gasteiger partial charge in [-0.1, -0.05) is 0 Å². The Bertz CT molecular complexity index is 475. The Kier molecular flexibility index (Phi) is 7.70. The van der Waals surface area contributed by atoms with E-state index in [0.29, 0.717) is 30.2 Å². The predicted octanol–water partition coefficient (Wildman–Crippen LogP) is 0.891. The van der Waals surface area contributed by atoms with Crippen LogP contribution in [0.5, 0.6) is 5.75 Å². The SMILES string of the molecule is CN(C)CCCOc1ccc(C(=O)NCCN(C)C)cc1N. The zero-order valence-electron chi connectivity index (χ0n) is 14.1. The Labute approximate surface area is 133 Å². The zero-order valence-corrected chi connectivity index (χ0v) is 14.1. The number of hydrogen-bond acceptors (Lipinski definition) is 5. The Balaban J connectivity index is 2.48. The third-order valence-electron chi connectivity index (χ3n) is 3.12. The highest BCUT2D eigenvalue weighted by atomic mass is 16.5. The number of amides is 1. The fraction of sp³-hybridized carbons (Fsp3) is 0.562. The molecule has 0 radical (unpaired) electrons. The number of hydrogen-bond donors (Lipinski definition) is 2. The molecule has 0 bridgehead atoms. The maximum Gasteiger partial charge on any atom is 0.251 e. The number of likely N-dealkylation sites (N-methyl/N-ethyl adjacent to an activating group) is 1. The molecule has 0 saturated carbocycles. The van der Waals surface area contributed by atoms with E-state index in [9.17, 15) is 4.79 Å². The number of nitrogens with one attached hydrogen (secondary N) is 1. The summed E-state index contributed by atoms with van der Waals surface area (Å²) in [6, 6.07) is 5.15. The second-order valence-corrected chi connectivity index (χ2v) is 5.82. The minimum absolute atomic E-state index is 0.118. The van der Waals surface area contributed by atoms with E-state index in [1.807, 2.05) is 33.1 Å².